The third-order valence-electron chi connectivity index (χ3n) is 3.64. The molecule has 1 aromatic rings. The van der Waals surface area contributed by atoms with Crippen LogP contribution in [0, 0.1) is 17.2 Å². The number of nitrogens with zero attached hydrogens (tertiary/aromatic N) is 2. The number of unbranched alkanes of at least 4 members (excludes halogenated alkanes) is 1. The van der Waals surface area contributed by atoms with Gasteiger partial charge < -0.3 is 5.11 Å². The largest absolute Gasteiger partial charge is 0.395 e. The third kappa shape index (κ3) is 5.31. The Kier molecular flexibility index (Phi) is 7.69. The molecule has 0 fully saturated rings. The van der Waals surface area contributed by atoms with E-state index < -0.39 is 16.1 Å². The maximum atomic E-state index is 13.0. The number of sulfonamides is 1. The molecule has 0 aliphatic carbocycles. The van der Waals surface area contributed by atoms with Crippen molar-refractivity contribution in [2.45, 2.75) is 51.0 Å². The first-order valence-corrected chi connectivity index (χ1v) is 9.43. The highest BCUT2D eigenvalue weighted by Crippen LogP contribution is 2.22. The van der Waals surface area contributed by atoms with Gasteiger partial charge in [0.25, 0.3) is 0 Å². The van der Waals surface area contributed by atoms with Gasteiger partial charge in [-0.2, -0.15) is 9.57 Å². The summed E-state index contributed by atoms with van der Waals surface area (Å²) in [4.78, 5) is 0.159. The molecule has 0 aliphatic heterocycles. The highest BCUT2D eigenvalue weighted by Gasteiger charge is 2.31. The van der Waals surface area contributed by atoms with Crippen LogP contribution in [-0.4, -0.2) is 37.0 Å². The lowest BCUT2D eigenvalue weighted by atomic mass is 10.1. The minimum Gasteiger partial charge on any atom is -0.395 e. The molecule has 1 atom stereocenters. The van der Waals surface area contributed by atoms with Gasteiger partial charge in [0, 0.05) is 12.6 Å². The quantitative estimate of drug-likeness (QED) is 0.750. The summed E-state index contributed by atoms with van der Waals surface area (Å²) >= 11 is 0. The Labute approximate surface area is 139 Å². The van der Waals surface area contributed by atoms with E-state index >= 15 is 0 Å². The maximum absolute atomic E-state index is 13.0. The zero-order valence-electron chi connectivity index (χ0n) is 14.1. The Bertz CT molecular complexity index is 618. The van der Waals surface area contributed by atoms with Gasteiger partial charge >= 0.3 is 0 Å². The molecule has 1 rings (SSSR count). The smallest absolute Gasteiger partial charge is 0.243 e. The zero-order valence-corrected chi connectivity index (χ0v) is 14.9. The molecule has 1 aromatic carbocycles. The second-order valence-corrected chi connectivity index (χ2v) is 7.97. The Balaban J connectivity index is 3.18. The van der Waals surface area contributed by atoms with E-state index in [1.54, 1.807) is 0 Å². The van der Waals surface area contributed by atoms with Gasteiger partial charge in [0.05, 0.1) is 23.1 Å². The average Bonchev–Trinajstić information content (AvgIpc) is 2.54. The molecule has 23 heavy (non-hydrogen) atoms. The summed E-state index contributed by atoms with van der Waals surface area (Å²) in [6.45, 7) is 6.11. The van der Waals surface area contributed by atoms with Crippen molar-refractivity contribution >= 4 is 10.0 Å². The van der Waals surface area contributed by atoms with E-state index in [1.165, 1.54) is 28.6 Å². The monoisotopic (exact) mass is 338 g/mol. The Morgan fingerprint density at radius 1 is 1.26 bits per heavy atom. The van der Waals surface area contributed by atoms with E-state index in [-0.39, 0.29) is 17.4 Å². The second-order valence-electron chi connectivity index (χ2n) is 6.08. The van der Waals surface area contributed by atoms with Crippen LogP contribution in [0.2, 0.25) is 0 Å². The minimum atomic E-state index is -3.70. The average molecular weight is 338 g/mol. The van der Waals surface area contributed by atoms with Gasteiger partial charge in [-0.25, -0.2) is 8.42 Å². The standard InChI is InChI=1S/C17H26N2O3S/c1-4-5-6-16(13-20)19(12-14(2)3)23(21,22)17-9-7-15(11-18)8-10-17/h7-10,14,16,20H,4-6,12-13H2,1-3H3. The molecule has 1 unspecified atom stereocenters. The van der Waals surface area contributed by atoms with Crippen LogP contribution in [-0.2, 0) is 10.0 Å². The minimum absolute atomic E-state index is 0.152. The summed E-state index contributed by atoms with van der Waals surface area (Å²) in [7, 11) is -3.70. The van der Waals surface area contributed by atoms with E-state index in [0.29, 0.717) is 18.5 Å². The van der Waals surface area contributed by atoms with E-state index in [0.717, 1.165) is 12.8 Å². The SMILES string of the molecule is CCCCC(CO)N(CC(C)C)S(=O)(=O)c1ccc(C#N)cc1. The molecular weight excluding hydrogens is 312 g/mol. The number of aliphatic hydroxyl groups is 1. The maximum Gasteiger partial charge on any atom is 0.243 e. The highest BCUT2D eigenvalue weighted by atomic mass is 32.2. The summed E-state index contributed by atoms with van der Waals surface area (Å²) in [6.07, 6.45) is 2.45. The summed E-state index contributed by atoms with van der Waals surface area (Å²) < 4.78 is 27.3. The molecule has 0 amide bonds. The highest BCUT2D eigenvalue weighted by molar-refractivity contribution is 7.89. The molecule has 0 aliphatic rings. The molecule has 0 saturated heterocycles. The van der Waals surface area contributed by atoms with Crippen molar-refractivity contribution in [2.24, 2.45) is 5.92 Å². The molecule has 0 bridgehead atoms. The van der Waals surface area contributed by atoms with Gasteiger partial charge in [-0.1, -0.05) is 33.6 Å². The van der Waals surface area contributed by atoms with Gasteiger partial charge in [0.1, 0.15) is 0 Å². The number of benzene rings is 1. The first kappa shape index (κ1) is 19.6. The Morgan fingerprint density at radius 3 is 2.30 bits per heavy atom. The topological polar surface area (TPSA) is 81.4 Å². The van der Waals surface area contributed by atoms with Crippen molar-refractivity contribution in [3.63, 3.8) is 0 Å². The van der Waals surface area contributed by atoms with E-state index in [9.17, 15) is 13.5 Å². The lowest BCUT2D eigenvalue weighted by molar-refractivity contribution is 0.168. The summed E-state index contributed by atoms with van der Waals surface area (Å²) in [5.74, 6) is 0.152. The fourth-order valence-electron chi connectivity index (χ4n) is 2.41. The first-order valence-electron chi connectivity index (χ1n) is 7.99. The van der Waals surface area contributed by atoms with Crippen molar-refractivity contribution in [2.75, 3.05) is 13.2 Å². The van der Waals surface area contributed by atoms with Crippen LogP contribution < -0.4 is 0 Å². The van der Waals surface area contributed by atoms with Gasteiger partial charge in [0.2, 0.25) is 10.0 Å². The van der Waals surface area contributed by atoms with Crippen molar-refractivity contribution in [1.29, 1.82) is 5.26 Å². The van der Waals surface area contributed by atoms with Crippen LogP contribution in [0.3, 0.4) is 0 Å². The predicted molar refractivity (Wildman–Crippen MR) is 90.3 cm³/mol. The number of hydrogen-bond acceptors (Lipinski definition) is 4. The van der Waals surface area contributed by atoms with Crippen molar-refractivity contribution in [3.8, 4) is 6.07 Å². The van der Waals surface area contributed by atoms with E-state index in [1.807, 2.05) is 26.8 Å². The zero-order chi connectivity index (χ0) is 17.5. The first-order chi connectivity index (χ1) is 10.9. The fourth-order valence-corrected chi connectivity index (χ4v) is 4.22. The third-order valence-corrected chi connectivity index (χ3v) is 5.58. The number of nitriles is 1. The van der Waals surface area contributed by atoms with Crippen molar-refractivity contribution in [1.82, 2.24) is 4.31 Å². The van der Waals surface area contributed by atoms with Crippen LogP contribution >= 0.6 is 0 Å². The molecule has 6 heteroatoms. The number of rotatable bonds is 9. The molecule has 0 saturated carbocycles. The molecule has 0 aromatic heterocycles. The Morgan fingerprint density at radius 2 is 1.87 bits per heavy atom. The summed E-state index contributed by atoms with van der Waals surface area (Å²) in [6, 6.07) is 7.47. The predicted octanol–water partition coefficient (Wildman–Crippen LogP) is 2.76. The number of aliphatic hydroxyl groups excluding tert-OH is 1. The van der Waals surface area contributed by atoms with Crippen LogP contribution in [0.5, 0.6) is 0 Å². The lowest BCUT2D eigenvalue weighted by Gasteiger charge is -2.31. The number of hydrogen-bond donors (Lipinski definition) is 1. The van der Waals surface area contributed by atoms with Crippen molar-refractivity contribution < 1.29 is 13.5 Å². The Hall–Kier alpha value is -1.42. The molecule has 0 radical (unpaired) electrons. The molecule has 0 spiro atoms. The van der Waals surface area contributed by atoms with Gasteiger partial charge in [-0.05, 0) is 36.6 Å². The van der Waals surface area contributed by atoms with Crippen LogP contribution in [0.25, 0.3) is 0 Å². The van der Waals surface area contributed by atoms with Crippen LogP contribution in [0.1, 0.15) is 45.6 Å². The van der Waals surface area contributed by atoms with Gasteiger partial charge in [0.15, 0.2) is 0 Å². The summed E-state index contributed by atoms with van der Waals surface area (Å²) in [5.41, 5.74) is 0.420. The van der Waals surface area contributed by atoms with Crippen LogP contribution in [0.15, 0.2) is 29.2 Å². The second kappa shape index (κ2) is 9.02. The molecule has 1 N–H and O–H groups in total. The van der Waals surface area contributed by atoms with Crippen LogP contribution in [0.4, 0.5) is 0 Å². The van der Waals surface area contributed by atoms with Gasteiger partial charge in [-0.3, -0.25) is 0 Å². The fraction of sp³-hybridized carbons (Fsp3) is 0.588. The molecular formula is C17H26N2O3S. The van der Waals surface area contributed by atoms with Crippen molar-refractivity contribution in [3.05, 3.63) is 29.8 Å². The van der Waals surface area contributed by atoms with E-state index in [2.05, 4.69) is 0 Å². The molecule has 128 valence electrons. The lowest BCUT2D eigenvalue weighted by Crippen LogP contribution is -2.44. The van der Waals surface area contributed by atoms with Gasteiger partial charge in [-0.15, -0.1) is 0 Å². The normalized spacial score (nSPS) is 13.3. The molecule has 0 heterocycles. The van der Waals surface area contributed by atoms with E-state index in [4.69, 9.17) is 5.26 Å². The molecule has 5 nitrogen and oxygen atoms in total. The summed E-state index contributed by atoms with van der Waals surface area (Å²) in [5, 5.41) is 18.5.